The Kier molecular flexibility index (Phi) is 4.87. The standard InChI is InChI=1S/C18H17N3O5/c22-12-5-1-10(2-6-12)14-9-15(21-20-14)17(24)19-16(18(25)26)11-3-7-13(23)8-4-11/h1-9,16-17,19,22-24H,(H,20,21)(H,25,26). The van der Waals surface area contributed by atoms with E-state index in [-0.39, 0.29) is 17.2 Å². The van der Waals surface area contributed by atoms with Crippen LogP contribution in [0.4, 0.5) is 0 Å². The molecule has 2 unspecified atom stereocenters. The number of aliphatic hydroxyl groups is 1. The Morgan fingerprint density at radius 2 is 1.58 bits per heavy atom. The molecule has 1 heterocycles. The van der Waals surface area contributed by atoms with Crippen molar-refractivity contribution in [2.45, 2.75) is 12.3 Å². The Balaban J connectivity index is 1.78. The molecule has 0 saturated heterocycles. The number of aliphatic carboxylic acids is 1. The van der Waals surface area contributed by atoms with E-state index in [0.29, 0.717) is 11.3 Å². The summed E-state index contributed by atoms with van der Waals surface area (Å²) < 4.78 is 0. The van der Waals surface area contributed by atoms with Crippen molar-refractivity contribution >= 4 is 5.97 Å². The number of benzene rings is 2. The Morgan fingerprint density at radius 1 is 1.00 bits per heavy atom. The van der Waals surface area contributed by atoms with Crippen LogP contribution < -0.4 is 5.32 Å². The van der Waals surface area contributed by atoms with Crippen LogP contribution in [0.25, 0.3) is 11.3 Å². The molecule has 0 aliphatic carbocycles. The number of aliphatic hydroxyl groups excluding tert-OH is 1. The maximum absolute atomic E-state index is 11.5. The fourth-order valence-electron chi connectivity index (χ4n) is 2.48. The number of phenolic OH excluding ortho intramolecular Hbond substituents is 2. The van der Waals surface area contributed by atoms with Crippen molar-refractivity contribution in [3.05, 3.63) is 65.9 Å². The third kappa shape index (κ3) is 3.82. The third-order valence-electron chi connectivity index (χ3n) is 3.85. The Hall–Kier alpha value is -3.36. The van der Waals surface area contributed by atoms with Crippen LogP contribution >= 0.6 is 0 Å². The monoisotopic (exact) mass is 355 g/mol. The molecule has 3 rings (SSSR count). The van der Waals surface area contributed by atoms with E-state index in [1.54, 1.807) is 18.2 Å². The predicted molar refractivity (Wildman–Crippen MR) is 92.3 cm³/mol. The SMILES string of the molecule is O=C(O)C(NC(O)c1cc(-c2ccc(O)cc2)n[nH]1)c1ccc(O)cc1. The molecule has 0 radical (unpaired) electrons. The zero-order valence-electron chi connectivity index (χ0n) is 13.5. The van der Waals surface area contributed by atoms with Crippen LogP contribution in [0.2, 0.25) is 0 Å². The predicted octanol–water partition coefficient (Wildman–Crippen LogP) is 1.89. The number of nitrogens with zero attached hydrogens (tertiary/aromatic N) is 1. The quantitative estimate of drug-likeness (QED) is 0.371. The lowest BCUT2D eigenvalue weighted by molar-refractivity contribution is -0.140. The first-order valence-electron chi connectivity index (χ1n) is 7.74. The van der Waals surface area contributed by atoms with Crippen molar-refractivity contribution in [2.75, 3.05) is 0 Å². The van der Waals surface area contributed by atoms with E-state index in [1.165, 1.54) is 36.4 Å². The smallest absolute Gasteiger partial charge is 0.325 e. The summed E-state index contributed by atoms with van der Waals surface area (Å²) in [7, 11) is 0. The highest BCUT2D eigenvalue weighted by molar-refractivity contribution is 5.75. The zero-order chi connectivity index (χ0) is 18.7. The molecule has 134 valence electrons. The molecular weight excluding hydrogens is 338 g/mol. The highest BCUT2D eigenvalue weighted by Crippen LogP contribution is 2.24. The van der Waals surface area contributed by atoms with Gasteiger partial charge in [0.05, 0.1) is 11.4 Å². The summed E-state index contributed by atoms with van der Waals surface area (Å²) >= 11 is 0. The summed E-state index contributed by atoms with van der Waals surface area (Å²) in [5.74, 6) is -1.03. The van der Waals surface area contributed by atoms with Gasteiger partial charge in [0.1, 0.15) is 23.8 Å². The number of H-pyrrole nitrogens is 1. The Morgan fingerprint density at radius 3 is 2.15 bits per heavy atom. The van der Waals surface area contributed by atoms with Gasteiger partial charge in [0.15, 0.2) is 0 Å². The molecule has 26 heavy (non-hydrogen) atoms. The topological polar surface area (TPSA) is 139 Å². The van der Waals surface area contributed by atoms with Crippen LogP contribution in [0.15, 0.2) is 54.6 Å². The maximum Gasteiger partial charge on any atom is 0.325 e. The van der Waals surface area contributed by atoms with E-state index < -0.39 is 18.2 Å². The molecule has 8 heteroatoms. The first-order valence-corrected chi connectivity index (χ1v) is 7.74. The fraction of sp³-hybridized carbons (Fsp3) is 0.111. The van der Waals surface area contributed by atoms with E-state index in [2.05, 4.69) is 15.5 Å². The molecule has 0 aliphatic heterocycles. The minimum atomic E-state index is -1.30. The van der Waals surface area contributed by atoms with Gasteiger partial charge >= 0.3 is 5.97 Å². The van der Waals surface area contributed by atoms with E-state index in [4.69, 9.17) is 0 Å². The molecule has 1 aromatic heterocycles. The van der Waals surface area contributed by atoms with E-state index in [0.717, 1.165) is 5.56 Å². The molecule has 0 saturated carbocycles. The first-order chi connectivity index (χ1) is 12.4. The second-order valence-corrected chi connectivity index (χ2v) is 5.69. The molecule has 0 bridgehead atoms. The lowest BCUT2D eigenvalue weighted by Gasteiger charge is -2.18. The summed E-state index contributed by atoms with van der Waals surface area (Å²) in [6.45, 7) is 0. The molecular formula is C18H17N3O5. The number of carboxylic acid groups (broad SMARTS) is 1. The van der Waals surface area contributed by atoms with Crippen molar-refractivity contribution < 1.29 is 25.2 Å². The number of rotatable bonds is 6. The summed E-state index contributed by atoms with van der Waals surface area (Å²) in [6, 6.07) is 12.5. The van der Waals surface area contributed by atoms with Crippen LogP contribution in [-0.4, -0.2) is 36.6 Å². The van der Waals surface area contributed by atoms with Crippen LogP contribution in [0.1, 0.15) is 23.5 Å². The molecule has 0 spiro atoms. The second-order valence-electron chi connectivity index (χ2n) is 5.69. The van der Waals surface area contributed by atoms with Crippen molar-refractivity contribution in [3.63, 3.8) is 0 Å². The van der Waals surface area contributed by atoms with Gasteiger partial charge in [0.2, 0.25) is 0 Å². The van der Waals surface area contributed by atoms with Crippen molar-refractivity contribution in [3.8, 4) is 22.8 Å². The Bertz CT molecular complexity index is 890. The number of hydrogen-bond donors (Lipinski definition) is 6. The van der Waals surface area contributed by atoms with Gasteiger partial charge in [-0.15, -0.1) is 0 Å². The summed E-state index contributed by atoms with van der Waals surface area (Å²) in [4.78, 5) is 11.5. The van der Waals surface area contributed by atoms with Gasteiger partial charge in [0, 0.05) is 5.56 Å². The lowest BCUT2D eigenvalue weighted by Crippen LogP contribution is -2.32. The molecule has 3 aromatic rings. The average Bonchev–Trinajstić information content (AvgIpc) is 3.11. The van der Waals surface area contributed by atoms with E-state index >= 15 is 0 Å². The number of carboxylic acids is 1. The minimum absolute atomic E-state index is 0.0190. The van der Waals surface area contributed by atoms with Crippen LogP contribution in [0, 0.1) is 0 Å². The number of carbonyl (C=O) groups is 1. The summed E-state index contributed by atoms with van der Waals surface area (Å²) in [5, 5.41) is 47.7. The summed E-state index contributed by atoms with van der Waals surface area (Å²) in [5.41, 5.74) is 1.94. The number of hydrogen-bond acceptors (Lipinski definition) is 6. The normalized spacial score (nSPS) is 13.3. The number of aromatic amines is 1. The van der Waals surface area contributed by atoms with E-state index in [9.17, 15) is 25.2 Å². The first kappa shape index (κ1) is 17.5. The molecule has 8 nitrogen and oxygen atoms in total. The third-order valence-corrected chi connectivity index (χ3v) is 3.85. The van der Waals surface area contributed by atoms with Crippen molar-refractivity contribution in [1.29, 1.82) is 0 Å². The van der Waals surface area contributed by atoms with Gasteiger partial charge in [-0.25, -0.2) is 0 Å². The van der Waals surface area contributed by atoms with Gasteiger partial charge < -0.3 is 20.4 Å². The van der Waals surface area contributed by atoms with Crippen molar-refractivity contribution in [1.82, 2.24) is 15.5 Å². The number of aromatic hydroxyl groups is 2. The van der Waals surface area contributed by atoms with Gasteiger partial charge in [0.25, 0.3) is 0 Å². The largest absolute Gasteiger partial charge is 0.508 e. The van der Waals surface area contributed by atoms with Crippen LogP contribution in [-0.2, 0) is 4.79 Å². The Labute approximate surface area is 148 Å². The fourth-order valence-corrected chi connectivity index (χ4v) is 2.48. The van der Waals surface area contributed by atoms with Gasteiger partial charge in [-0.1, -0.05) is 12.1 Å². The number of nitrogens with one attached hydrogen (secondary N) is 2. The van der Waals surface area contributed by atoms with Gasteiger partial charge in [-0.05, 0) is 48.0 Å². The van der Waals surface area contributed by atoms with Gasteiger partial charge in [-0.3, -0.25) is 15.2 Å². The molecule has 0 amide bonds. The highest BCUT2D eigenvalue weighted by atomic mass is 16.4. The number of aromatic nitrogens is 2. The molecule has 0 aliphatic rings. The molecule has 2 aromatic carbocycles. The average molecular weight is 355 g/mol. The lowest BCUT2D eigenvalue weighted by atomic mass is 10.1. The second kappa shape index (κ2) is 7.26. The van der Waals surface area contributed by atoms with Crippen LogP contribution in [0.5, 0.6) is 11.5 Å². The van der Waals surface area contributed by atoms with Crippen LogP contribution in [0.3, 0.4) is 0 Å². The minimum Gasteiger partial charge on any atom is -0.508 e. The highest BCUT2D eigenvalue weighted by Gasteiger charge is 2.24. The van der Waals surface area contributed by atoms with E-state index in [1.807, 2.05) is 0 Å². The summed E-state index contributed by atoms with van der Waals surface area (Å²) in [6.07, 6.45) is -1.30. The maximum atomic E-state index is 11.5. The molecule has 6 N–H and O–H groups in total. The van der Waals surface area contributed by atoms with Crippen molar-refractivity contribution in [2.24, 2.45) is 0 Å². The molecule has 0 fully saturated rings. The van der Waals surface area contributed by atoms with Gasteiger partial charge in [-0.2, -0.15) is 5.10 Å². The zero-order valence-corrected chi connectivity index (χ0v) is 13.5. The number of phenols is 2. The molecule has 2 atom stereocenters.